The van der Waals surface area contributed by atoms with E-state index in [1.807, 2.05) is 0 Å². The molecule has 3 nitrogen and oxygen atoms in total. The van der Waals surface area contributed by atoms with Crippen LogP contribution < -0.4 is 0 Å². The fraction of sp³-hybridized carbons (Fsp3) is 0.375. The molecule has 1 amide bonds. The van der Waals surface area contributed by atoms with Crippen LogP contribution in [0.2, 0.25) is 0 Å². The third-order valence-electron chi connectivity index (χ3n) is 3.29. The fourth-order valence-electron chi connectivity index (χ4n) is 2.06. The molecule has 4 heteroatoms. The number of benzene rings is 1. The molecule has 0 saturated carbocycles. The predicted molar refractivity (Wildman–Crippen MR) is 84.2 cm³/mol. The number of likely N-dealkylation sites (N-methyl/N-ethyl adjacent to an activating group) is 1. The number of amides is 1. The highest BCUT2D eigenvalue weighted by atomic mass is 32.1. The SMILES string of the molecule is Cc1ccc(C)c(-c2nc(CC(=O)N(C)C)sc2C)c1. The van der Waals surface area contributed by atoms with E-state index in [-0.39, 0.29) is 5.91 Å². The maximum Gasteiger partial charge on any atom is 0.228 e. The van der Waals surface area contributed by atoms with Crippen LogP contribution in [0.15, 0.2) is 18.2 Å². The molecule has 20 heavy (non-hydrogen) atoms. The molecule has 0 saturated heterocycles. The molecule has 0 fully saturated rings. The molecule has 0 atom stereocenters. The molecule has 1 aromatic heterocycles. The minimum atomic E-state index is 0.0891. The Morgan fingerprint density at radius 3 is 2.60 bits per heavy atom. The molecule has 106 valence electrons. The van der Waals surface area contributed by atoms with Crippen molar-refractivity contribution in [2.24, 2.45) is 0 Å². The van der Waals surface area contributed by atoms with E-state index in [9.17, 15) is 4.79 Å². The third kappa shape index (κ3) is 3.07. The Bertz CT molecular complexity index is 644. The Morgan fingerprint density at radius 2 is 1.95 bits per heavy atom. The van der Waals surface area contributed by atoms with Crippen LogP contribution in [0.25, 0.3) is 11.3 Å². The average Bonchev–Trinajstić information content (AvgIpc) is 2.73. The summed E-state index contributed by atoms with van der Waals surface area (Å²) in [6, 6.07) is 6.39. The van der Waals surface area contributed by atoms with Gasteiger partial charge in [0, 0.05) is 24.5 Å². The van der Waals surface area contributed by atoms with E-state index in [2.05, 4.69) is 44.0 Å². The first-order valence-electron chi connectivity index (χ1n) is 6.62. The highest BCUT2D eigenvalue weighted by Crippen LogP contribution is 2.30. The minimum absolute atomic E-state index is 0.0891. The van der Waals surface area contributed by atoms with Gasteiger partial charge in [0.1, 0.15) is 5.01 Å². The van der Waals surface area contributed by atoms with Gasteiger partial charge in [-0.1, -0.05) is 17.7 Å². The van der Waals surface area contributed by atoms with Crippen LogP contribution in [0.3, 0.4) is 0 Å². The lowest BCUT2D eigenvalue weighted by Crippen LogP contribution is -2.23. The monoisotopic (exact) mass is 288 g/mol. The van der Waals surface area contributed by atoms with Crippen LogP contribution in [0, 0.1) is 20.8 Å². The summed E-state index contributed by atoms with van der Waals surface area (Å²) < 4.78 is 0. The number of hydrogen-bond acceptors (Lipinski definition) is 3. The molecule has 0 aliphatic rings. The zero-order chi connectivity index (χ0) is 14.9. The average molecular weight is 288 g/mol. The van der Waals surface area contributed by atoms with E-state index >= 15 is 0 Å². The number of hydrogen-bond donors (Lipinski definition) is 0. The summed E-state index contributed by atoms with van der Waals surface area (Å²) in [7, 11) is 3.54. The van der Waals surface area contributed by atoms with E-state index in [0.29, 0.717) is 6.42 Å². The van der Waals surface area contributed by atoms with Crippen LogP contribution in [-0.4, -0.2) is 29.9 Å². The molecule has 0 aliphatic carbocycles. The standard InChI is InChI=1S/C16H20N2OS/c1-10-6-7-11(2)13(8-10)16-12(3)20-14(17-16)9-15(19)18(4)5/h6-8H,9H2,1-5H3. The summed E-state index contributed by atoms with van der Waals surface area (Å²) in [5, 5.41) is 0.886. The van der Waals surface area contributed by atoms with Crippen molar-refractivity contribution in [3.63, 3.8) is 0 Å². The number of thiazole rings is 1. The second kappa shape index (κ2) is 5.75. The first-order chi connectivity index (χ1) is 9.38. The molecular weight excluding hydrogens is 268 g/mol. The summed E-state index contributed by atoms with van der Waals surface area (Å²) >= 11 is 1.61. The van der Waals surface area contributed by atoms with Crippen LogP contribution >= 0.6 is 11.3 Å². The maximum absolute atomic E-state index is 11.8. The predicted octanol–water partition coefficient (Wildman–Crippen LogP) is 3.37. The lowest BCUT2D eigenvalue weighted by Gasteiger charge is -2.08. The van der Waals surface area contributed by atoms with Crippen molar-refractivity contribution in [3.05, 3.63) is 39.2 Å². The van der Waals surface area contributed by atoms with Gasteiger partial charge < -0.3 is 4.90 Å². The lowest BCUT2D eigenvalue weighted by molar-refractivity contribution is -0.127. The van der Waals surface area contributed by atoms with Gasteiger partial charge in [0.25, 0.3) is 0 Å². The molecule has 0 radical (unpaired) electrons. The number of carbonyl (C=O) groups is 1. The Kier molecular flexibility index (Phi) is 4.23. The molecule has 1 aromatic carbocycles. The smallest absolute Gasteiger partial charge is 0.228 e. The number of nitrogens with zero attached hydrogens (tertiary/aromatic N) is 2. The van der Waals surface area contributed by atoms with Crippen molar-refractivity contribution >= 4 is 17.2 Å². The molecule has 0 bridgehead atoms. The van der Waals surface area contributed by atoms with Gasteiger partial charge in [0.05, 0.1) is 12.1 Å². The number of carbonyl (C=O) groups excluding carboxylic acids is 1. The molecule has 0 N–H and O–H groups in total. The van der Waals surface area contributed by atoms with Gasteiger partial charge in [-0.3, -0.25) is 4.79 Å². The van der Waals surface area contributed by atoms with E-state index in [4.69, 9.17) is 0 Å². The second-order valence-corrected chi connectivity index (χ2v) is 6.58. The number of aromatic nitrogens is 1. The number of rotatable bonds is 3. The van der Waals surface area contributed by atoms with Crippen LogP contribution in [-0.2, 0) is 11.2 Å². The first-order valence-corrected chi connectivity index (χ1v) is 7.44. The summed E-state index contributed by atoms with van der Waals surface area (Å²) in [4.78, 5) is 19.2. The van der Waals surface area contributed by atoms with Crippen molar-refractivity contribution in [3.8, 4) is 11.3 Å². The molecule has 0 unspecified atom stereocenters. The zero-order valence-corrected chi connectivity index (χ0v) is 13.5. The van der Waals surface area contributed by atoms with Crippen molar-refractivity contribution in [2.75, 3.05) is 14.1 Å². The van der Waals surface area contributed by atoms with E-state index in [1.54, 1.807) is 30.3 Å². The van der Waals surface area contributed by atoms with E-state index in [0.717, 1.165) is 10.7 Å². The summed E-state index contributed by atoms with van der Waals surface area (Å²) in [6.45, 7) is 6.25. The van der Waals surface area contributed by atoms with Gasteiger partial charge in [-0.15, -0.1) is 11.3 Å². The van der Waals surface area contributed by atoms with E-state index < -0.39 is 0 Å². The van der Waals surface area contributed by atoms with Crippen molar-refractivity contribution in [1.82, 2.24) is 9.88 Å². The van der Waals surface area contributed by atoms with Gasteiger partial charge in [-0.05, 0) is 32.4 Å². The van der Waals surface area contributed by atoms with Crippen molar-refractivity contribution in [2.45, 2.75) is 27.2 Å². The van der Waals surface area contributed by atoms with Gasteiger partial charge in [0.2, 0.25) is 5.91 Å². The normalized spacial score (nSPS) is 10.7. The largest absolute Gasteiger partial charge is 0.348 e. The minimum Gasteiger partial charge on any atom is -0.348 e. The fourth-order valence-corrected chi connectivity index (χ4v) is 2.99. The van der Waals surface area contributed by atoms with Crippen LogP contribution in [0.1, 0.15) is 21.0 Å². The summed E-state index contributed by atoms with van der Waals surface area (Å²) in [5.74, 6) is 0.0891. The van der Waals surface area contributed by atoms with Crippen LogP contribution in [0.5, 0.6) is 0 Å². The summed E-state index contributed by atoms with van der Waals surface area (Å²) in [5.41, 5.74) is 4.62. The van der Waals surface area contributed by atoms with Gasteiger partial charge in [0.15, 0.2) is 0 Å². The molecule has 2 rings (SSSR count). The Labute approximate surface area is 124 Å². The third-order valence-corrected chi connectivity index (χ3v) is 4.26. The molecule has 2 aromatic rings. The Hall–Kier alpha value is -1.68. The lowest BCUT2D eigenvalue weighted by atomic mass is 10.0. The van der Waals surface area contributed by atoms with E-state index in [1.165, 1.54) is 21.6 Å². The van der Waals surface area contributed by atoms with Gasteiger partial charge in [-0.25, -0.2) is 4.98 Å². The highest BCUT2D eigenvalue weighted by molar-refractivity contribution is 7.12. The number of aryl methyl sites for hydroxylation is 3. The highest BCUT2D eigenvalue weighted by Gasteiger charge is 2.15. The topological polar surface area (TPSA) is 33.2 Å². The first kappa shape index (κ1) is 14.7. The second-order valence-electron chi connectivity index (χ2n) is 5.30. The van der Waals surface area contributed by atoms with Crippen LogP contribution in [0.4, 0.5) is 0 Å². The van der Waals surface area contributed by atoms with Crippen molar-refractivity contribution in [1.29, 1.82) is 0 Å². The van der Waals surface area contributed by atoms with Crippen molar-refractivity contribution < 1.29 is 4.79 Å². The summed E-state index contributed by atoms with van der Waals surface area (Å²) in [6.07, 6.45) is 0.378. The Morgan fingerprint density at radius 1 is 1.25 bits per heavy atom. The quantitative estimate of drug-likeness (QED) is 0.867. The molecule has 0 spiro atoms. The van der Waals surface area contributed by atoms with Gasteiger partial charge in [-0.2, -0.15) is 0 Å². The van der Waals surface area contributed by atoms with Gasteiger partial charge >= 0.3 is 0 Å². The Balaban J connectivity index is 2.36. The molecular formula is C16H20N2OS. The maximum atomic E-state index is 11.8. The molecule has 0 aliphatic heterocycles. The molecule has 1 heterocycles. The zero-order valence-electron chi connectivity index (χ0n) is 12.7.